The van der Waals surface area contributed by atoms with Crippen molar-refractivity contribution in [1.82, 2.24) is 0 Å². The Bertz CT molecular complexity index is 1450. The summed E-state index contributed by atoms with van der Waals surface area (Å²) in [4.78, 5) is 15.5. The molecular weight excluding hydrogens is 470 g/mol. The first-order valence-electron chi connectivity index (χ1n) is 11.6. The van der Waals surface area contributed by atoms with Crippen molar-refractivity contribution in [3.05, 3.63) is 149 Å². The molecule has 0 fully saturated rings. The molecule has 5 rings (SSSR count). The van der Waals surface area contributed by atoms with Crippen LogP contribution in [0.2, 0.25) is 0 Å². The van der Waals surface area contributed by atoms with Gasteiger partial charge in [0.15, 0.2) is 9.84 Å². The lowest BCUT2D eigenvalue weighted by Gasteiger charge is -2.26. The molecule has 36 heavy (non-hydrogen) atoms. The fraction of sp³-hybridized carbons (Fsp3) is 0.100. The van der Waals surface area contributed by atoms with Crippen molar-refractivity contribution in [2.75, 3.05) is 11.2 Å². The second kappa shape index (κ2) is 9.84. The smallest absolute Gasteiger partial charge is 0.295 e. The van der Waals surface area contributed by atoms with Crippen molar-refractivity contribution in [1.29, 1.82) is 0 Å². The van der Waals surface area contributed by atoms with E-state index in [0.29, 0.717) is 11.3 Å². The summed E-state index contributed by atoms with van der Waals surface area (Å²) in [5, 5.41) is 0. The van der Waals surface area contributed by atoms with Crippen LogP contribution in [0.4, 0.5) is 5.69 Å². The van der Waals surface area contributed by atoms with E-state index in [9.17, 15) is 13.2 Å². The molecule has 0 N–H and O–H groups in total. The number of hydrogen-bond donors (Lipinski definition) is 0. The standard InChI is InChI=1S/C30H25NO4S/c1-36(33,34)29-26(22-14-6-2-7-15-22)31(25-20-12-5-13-21-25)30(32)28(29)35-27(23-16-8-3-9-17-23)24-18-10-4-11-19-24/h2-21,26-27H,1H3. The van der Waals surface area contributed by atoms with Crippen LogP contribution in [0, 0.1) is 0 Å². The zero-order chi connectivity index (χ0) is 25.1. The lowest BCUT2D eigenvalue weighted by molar-refractivity contribution is -0.118. The second-order valence-corrected chi connectivity index (χ2v) is 10.6. The molecule has 1 atom stereocenters. The Morgan fingerprint density at radius 3 is 1.61 bits per heavy atom. The molecule has 1 aliphatic rings. The number of benzene rings is 4. The van der Waals surface area contributed by atoms with Crippen molar-refractivity contribution in [2.45, 2.75) is 12.1 Å². The van der Waals surface area contributed by atoms with Crippen LogP contribution >= 0.6 is 0 Å². The molecule has 1 heterocycles. The topological polar surface area (TPSA) is 63.7 Å². The van der Waals surface area contributed by atoms with Crippen molar-refractivity contribution in [3.63, 3.8) is 0 Å². The maximum Gasteiger partial charge on any atom is 0.295 e. The first-order valence-corrected chi connectivity index (χ1v) is 13.5. The number of ether oxygens (including phenoxy) is 1. The van der Waals surface area contributed by atoms with Crippen LogP contribution in [0.15, 0.2) is 132 Å². The van der Waals surface area contributed by atoms with Crippen LogP contribution in [0.3, 0.4) is 0 Å². The number of carbonyl (C=O) groups is 1. The van der Waals surface area contributed by atoms with Crippen LogP contribution in [0.25, 0.3) is 0 Å². The van der Waals surface area contributed by atoms with Gasteiger partial charge in [-0.05, 0) is 28.8 Å². The molecule has 4 aromatic rings. The Morgan fingerprint density at radius 2 is 1.14 bits per heavy atom. The first kappa shape index (κ1) is 23.6. The van der Waals surface area contributed by atoms with E-state index in [0.717, 1.165) is 17.4 Å². The Kier molecular flexibility index (Phi) is 6.44. The molecule has 1 aliphatic heterocycles. The van der Waals surface area contributed by atoms with Gasteiger partial charge in [-0.3, -0.25) is 9.69 Å². The van der Waals surface area contributed by atoms with Gasteiger partial charge in [0.2, 0.25) is 5.76 Å². The van der Waals surface area contributed by atoms with Crippen molar-refractivity contribution in [3.8, 4) is 0 Å². The number of sulfone groups is 1. The number of nitrogens with zero attached hydrogens (tertiary/aromatic N) is 1. The molecule has 0 saturated heterocycles. The minimum Gasteiger partial charge on any atom is -0.474 e. The molecule has 1 unspecified atom stereocenters. The highest BCUT2D eigenvalue weighted by Gasteiger charge is 2.47. The van der Waals surface area contributed by atoms with E-state index in [4.69, 9.17) is 4.74 Å². The maximum absolute atomic E-state index is 14.0. The van der Waals surface area contributed by atoms with Crippen LogP contribution in [0.1, 0.15) is 28.8 Å². The number of rotatable bonds is 7. The van der Waals surface area contributed by atoms with Gasteiger partial charge in [0.1, 0.15) is 17.1 Å². The molecule has 1 amide bonds. The largest absolute Gasteiger partial charge is 0.474 e. The Balaban J connectivity index is 1.71. The van der Waals surface area contributed by atoms with Gasteiger partial charge in [-0.15, -0.1) is 0 Å². The van der Waals surface area contributed by atoms with Crippen LogP contribution in [-0.4, -0.2) is 20.6 Å². The van der Waals surface area contributed by atoms with Crippen LogP contribution in [-0.2, 0) is 19.4 Å². The molecule has 5 nitrogen and oxygen atoms in total. The maximum atomic E-state index is 14.0. The molecular formula is C30H25NO4S. The zero-order valence-corrected chi connectivity index (χ0v) is 20.5. The van der Waals surface area contributed by atoms with Crippen LogP contribution < -0.4 is 4.90 Å². The van der Waals surface area contributed by atoms with Gasteiger partial charge in [-0.2, -0.15) is 0 Å². The molecule has 6 heteroatoms. The SMILES string of the molecule is CS(=O)(=O)C1=C(OC(c2ccccc2)c2ccccc2)C(=O)N(c2ccccc2)C1c1ccccc1. The highest BCUT2D eigenvalue weighted by atomic mass is 32.2. The number of hydrogen-bond acceptors (Lipinski definition) is 4. The van der Waals surface area contributed by atoms with Crippen molar-refractivity contribution in [2.24, 2.45) is 0 Å². The fourth-order valence-corrected chi connectivity index (χ4v) is 5.67. The third-order valence-corrected chi connectivity index (χ3v) is 7.34. The predicted octanol–water partition coefficient (Wildman–Crippen LogP) is 5.84. The molecule has 0 spiro atoms. The molecule has 0 radical (unpaired) electrons. The van der Waals surface area contributed by atoms with Gasteiger partial charge in [-0.25, -0.2) is 8.42 Å². The summed E-state index contributed by atoms with van der Waals surface area (Å²) in [6, 6.07) is 36.4. The lowest BCUT2D eigenvalue weighted by Crippen LogP contribution is -2.31. The highest BCUT2D eigenvalue weighted by Crippen LogP contribution is 2.45. The van der Waals surface area contributed by atoms with Crippen molar-refractivity contribution < 1.29 is 17.9 Å². The summed E-state index contributed by atoms with van der Waals surface area (Å²) < 4.78 is 33.0. The number of anilines is 1. The average molecular weight is 496 g/mol. The summed E-state index contributed by atoms with van der Waals surface area (Å²) in [6.07, 6.45) is 0.457. The summed E-state index contributed by atoms with van der Waals surface area (Å²) in [7, 11) is -3.84. The van der Waals surface area contributed by atoms with Crippen LogP contribution in [0.5, 0.6) is 0 Å². The molecule has 0 aromatic heterocycles. The molecule has 4 aromatic carbocycles. The van der Waals surface area contributed by atoms with Gasteiger partial charge in [0, 0.05) is 11.9 Å². The van der Waals surface area contributed by atoms with Gasteiger partial charge in [-0.1, -0.05) is 109 Å². The average Bonchev–Trinajstić information content (AvgIpc) is 3.21. The summed E-state index contributed by atoms with van der Waals surface area (Å²) in [5.74, 6) is -0.653. The summed E-state index contributed by atoms with van der Waals surface area (Å²) >= 11 is 0. The summed E-state index contributed by atoms with van der Waals surface area (Å²) in [5.41, 5.74) is 2.90. The normalized spacial score (nSPS) is 16.0. The first-order chi connectivity index (χ1) is 17.4. The van der Waals surface area contributed by atoms with Gasteiger partial charge >= 0.3 is 0 Å². The molecule has 180 valence electrons. The van der Waals surface area contributed by atoms with E-state index < -0.39 is 27.9 Å². The number of para-hydroxylation sites is 1. The Hall–Kier alpha value is -4.16. The van der Waals surface area contributed by atoms with Gasteiger partial charge in [0.05, 0.1) is 0 Å². The second-order valence-electron chi connectivity index (χ2n) is 8.61. The predicted molar refractivity (Wildman–Crippen MR) is 141 cm³/mol. The Morgan fingerprint density at radius 1 is 0.694 bits per heavy atom. The van der Waals surface area contributed by atoms with E-state index >= 15 is 0 Å². The van der Waals surface area contributed by atoms with E-state index in [-0.39, 0.29) is 10.7 Å². The van der Waals surface area contributed by atoms with E-state index in [1.54, 1.807) is 12.1 Å². The minimum atomic E-state index is -3.84. The quantitative estimate of drug-likeness (QED) is 0.323. The minimum absolute atomic E-state index is 0.0422. The highest BCUT2D eigenvalue weighted by molar-refractivity contribution is 7.94. The lowest BCUT2D eigenvalue weighted by atomic mass is 10.0. The molecule has 0 saturated carbocycles. The summed E-state index contributed by atoms with van der Waals surface area (Å²) in [6.45, 7) is 0. The third kappa shape index (κ3) is 4.55. The van der Waals surface area contributed by atoms with E-state index in [1.165, 1.54) is 4.90 Å². The number of carbonyl (C=O) groups excluding carboxylic acids is 1. The van der Waals surface area contributed by atoms with E-state index in [2.05, 4.69) is 0 Å². The Labute approximate surface area is 211 Å². The monoisotopic (exact) mass is 495 g/mol. The van der Waals surface area contributed by atoms with Crippen molar-refractivity contribution >= 4 is 21.4 Å². The molecule has 0 aliphatic carbocycles. The van der Waals surface area contributed by atoms with Gasteiger partial charge in [0.25, 0.3) is 5.91 Å². The molecule has 0 bridgehead atoms. The zero-order valence-electron chi connectivity index (χ0n) is 19.7. The third-order valence-electron chi connectivity index (χ3n) is 6.13. The van der Waals surface area contributed by atoms with E-state index in [1.807, 2.05) is 109 Å². The van der Waals surface area contributed by atoms with Gasteiger partial charge < -0.3 is 4.74 Å². The number of amides is 1. The fourth-order valence-electron chi connectivity index (χ4n) is 4.55.